The second-order valence-corrected chi connectivity index (χ2v) is 5.92. The van der Waals surface area contributed by atoms with Crippen LogP contribution >= 0.6 is 0 Å². The number of nitrogens with zero attached hydrogens (tertiary/aromatic N) is 5. The van der Waals surface area contributed by atoms with E-state index in [9.17, 15) is 4.79 Å². The second-order valence-electron chi connectivity index (χ2n) is 5.92. The highest BCUT2D eigenvalue weighted by Gasteiger charge is 2.14. The molecule has 5 rings (SSSR count). The molecule has 6 heteroatoms. The fraction of sp³-hybridized carbons (Fsp3) is 0.0526. The van der Waals surface area contributed by atoms with Crippen molar-refractivity contribution >= 4 is 27.5 Å². The highest BCUT2D eigenvalue weighted by atomic mass is 16.1. The van der Waals surface area contributed by atoms with E-state index in [2.05, 4.69) is 15.1 Å². The maximum absolute atomic E-state index is 13.2. The molecule has 0 N–H and O–H groups in total. The summed E-state index contributed by atoms with van der Waals surface area (Å²) in [5.41, 5.74) is 2.09. The van der Waals surface area contributed by atoms with Crippen molar-refractivity contribution in [3.8, 4) is 5.69 Å². The first-order valence-electron chi connectivity index (χ1n) is 7.94. The molecule has 0 fully saturated rings. The zero-order valence-electron chi connectivity index (χ0n) is 13.4. The van der Waals surface area contributed by atoms with Crippen LogP contribution in [0.3, 0.4) is 0 Å². The van der Waals surface area contributed by atoms with Crippen molar-refractivity contribution in [1.82, 2.24) is 24.1 Å². The first-order chi connectivity index (χ1) is 12.2. The van der Waals surface area contributed by atoms with Crippen molar-refractivity contribution in [3.63, 3.8) is 0 Å². The van der Waals surface area contributed by atoms with Gasteiger partial charge < -0.3 is 0 Å². The molecule has 0 saturated heterocycles. The van der Waals surface area contributed by atoms with Gasteiger partial charge in [0.15, 0.2) is 0 Å². The molecule has 0 aliphatic heterocycles. The van der Waals surface area contributed by atoms with Gasteiger partial charge in [-0.15, -0.1) is 0 Å². The number of rotatable bonds is 1. The molecule has 2 aromatic carbocycles. The smallest absolute Gasteiger partial charge is 0.266 e. The first kappa shape index (κ1) is 13.9. The van der Waals surface area contributed by atoms with Crippen LogP contribution in [0.25, 0.3) is 33.1 Å². The third-order valence-corrected chi connectivity index (χ3v) is 4.48. The van der Waals surface area contributed by atoms with Gasteiger partial charge in [-0.05, 0) is 24.4 Å². The third kappa shape index (κ3) is 1.91. The topological polar surface area (TPSA) is 65.1 Å². The Bertz CT molecular complexity index is 1330. The molecule has 25 heavy (non-hydrogen) atoms. The van der Waals surface area contributed by atoms with Gasteiger partial charge in [0.1, 0.15) is 6.33 Å². The summed E-state index contributed by atoms with van der Waals surface area (Å²) < 4.78 is 3.26. The lowest BCUT2D eigenvalue weighted by Crippen LogP contribution is -2.20. The van der Waals surface area contributed by atoms with Gasteiger partial charge >= 0.3 is 0 Å². The Hall–Kier alpha value is -3.54. The number of pyridine rings is 1. The van der Waals surface area contributed by atoms with Crippen LogP contribution in [0, 0.1) is 6.92 Å². The minimum absolute atomic E-state index is 0.115. The van der Waals surface area contributed by atoms with E-state index in [-0.39, 0.29) is 5.56 Å². The van der Waals surface area contributed by atoms with Gasteiger partial charge in [-0.1, -0.05) is 36.4 Å². The van der Waals surface area contributed by atoms with Crippen LogP contribution in [-0.2, 0) is 0 Å². The van der Waals surface area contributed by atoms with Gasteiger partial charge in [-0.2, -0.15) is 14.6 Å². The Morgan fingerprint density at radius 1 is 1.00 bits per heavy atom. The molecule has 0 saturated carbocycles. The zero-order valence-corrected chi connectivity index (χ0v) is 13.4. The minimum atomic E-state index is -0.115. The molecular weight excluding hydrogens is 314 g/mol. The lowest BCUT2D eigenvalue weighted by molar-refractivity contribution is 0.952. The van der Waals surface area contributed by atoms with Crippen molar-refractivity contribution in [1.29, 1.82) is 0 Å². The lowest BCUT2D eigenvalue weighted by Gasteiger charge is -2.11. The van der Waals surface area contributed by atoms with Gasteiger partial charge in [0.05, 0.1) is 22.3 Å². The fourth-order valence-corrected chi connectivity index (χ4v) is 3.34. The highest BCUT2D eigenvalue weighted by molar-refractivity contribution is 5.91. The summed E-state index contributed by atoms with van der Waals surface area (Å²) in [6.45, 7) is 1.83. The molecule has 0 bridgehead atoms. The largest absolute Gasteiger partial charge is 0.283 e. The number of benzene rings is 2. The van der Waals surface area contributed by atoms with Crippen LogP contribution in [0.2, 0.25) is 0 Å². The van der Waals surface area contributed by atoms with Gasteiger partial charge in [-0.25, -0.2) is 4.98 Å². The van der Waals surface area contributed by atoms with Gasteiger partial charge in [0.2, 0.25) is 0 Å². The number of hydrogen-bond donors (Lipinski definition) is 0. The molecule has 0 unspecified atom stereocenters. The number of hydrogen-bond acceptors (Lipinski definition) is 4. The molecule has 0 atom stereocenters. The van der Waals surface area contributed by atoms with Crippen molar-refractivity contribution in [3.05, 3.63) is 77.1 Å². The third-order valence-electron chi connectivity index (χ3n) is 4.48. The Balaban J connectivity index is 1.92. The minimum Gasteiger partial charge on any atom is -0.283 e. The van der Waals surface area contributed by atoms with E-state index < -0.39 is 0 Å². The van der Waals surface area contributed by atoms with Crippen molar-refractivity contribution in [2.45, 2.75) is 6.92 Å². The summed E-state index contributed by atoms with van der Waals surface area (Å²) in [5.74, 6) is 0.493. The predicted octanol–water partition coefficient (Wildman–Crippen LogP) is 2.89. The molecule has 0 aliphatic rings. The first-order valence-corrected chi connectivity index (χ1v) is 7.94. The van der Waals surface area contributed by atoms with Crippen molar-refractivity contribution in [2.24, 2.45) is 0 Å². The maximum atomic E-state index is 13.2. The van der Waals surface area contributed by atoms with Crippen LogP contribution in [0.4, 0.5) is 0 Å². The Morgan fingerprint density at radius 2 is 1.84 bits per heavy atom. The van der Waals surface area contributed by atoms with Crippen LogP contribution in [0.1, 0.15) is 5.69 Å². The molecule has 3 heterocycles. The monoisotopic (exact) mass is 327 g/mol. The molecule has 5 aromatic rings. The van der Waals surface area contributed by atoms with E-state index in [1.54, 1.807) is 15.3 Å². The Labute approximate surface area is 142 Å². The quantitative estimate of drug-likeness (QED) is 0.475. The molecule has 0 aliphatic carbocycles. The van der Waals surface area contributed by atoms with Gasteiger partial charge in [0, 0.05) is 11.6 Å². The molecule has 0 spiro atoms. The average molecular weight is 327 g/mol. The number of fused-ring (bicyclic) bond motifs is 4. The molecular formula is C19H13N5O. The summed E-state index contributed by atoms with van der Waals surface area (Å²) in [4.78, 5) is 21.7. The van der Waals surface area contributed by atoms with E-state index in [1.807, 2.05) is 55.5 Å². The van der Waals surface area contributed by atoms with E-state index in [0.29, 0.717) is 22.4 Å². The molecule has 6 nitrogen and oxygen atoms in total. The second kappa shape index (κ2) is 4.98. The summed E-state index contributed by atoms with van der Waals surface area (Å²) in [5, 5.41) is 6.84. The van der Waals surface area contributed by atoms with Crippen LogP contribution in [-0.4, -0.2) is 24.1 Å². The standard InChI is InChI=1S/C19H13N5O/c1-12-17-16(24-19(22-12)20-11-21-24)9-10-23(18(17)25)15-8-4-6-13-5-2-3-7-14(13)15/h2-11H,1H3. The number of aromatic nitrogens is 5. The fourth-order valence-electron chi connectivity index (χ4n) is 3.34. The molecule has 3 aromatic heterocycles. The van der Waals surface area contributed by atoms with Gasteiger partial charge in [-0.3, -0.25) is 9.36 Å². The normalized spacial score (nSPS) is 11.6. The maximum Gasteiger partial charge on any atom is 0.266 e. The summed E-state index contributed by atoms with van der Waals surface area (Å²) in [6.07, 6.45) is 3.23. The van der Waals surface area contributed by atoms with Crippen LogP contribution < -0.4 is 5.56 Å². The average Bonchev–Trinajstić information content (AvgIpc) is 3.10. The summed E-state index contributed by atoms with van der Waals surface area (Å²) in [6, 6.07) is 15.9. The van der Waals surface area contributed by atoms with E-state index in [4.69, 9.17) is 0 Å². The van der Waals surface area contributed by atoms with Gasteiger partial charge in [0.25, 0.3) is 11.3 Å². The molecule has 0 radical (unpaired) electrons. The number of aryl methyl sites for hydroxylation is 1. The van der Waals surface area contributed by atoms with Crippen LogP contribution in [0.15, 0.2) is 65.8 Å². The van der Waals surface area contributed by atoms with E-state index in [0.717, 1.165) is 16.5 Å². The Morgan fingerprint density at radius 3 is 2.76 bits per heavy atom. The summed E-state index contributed by atoms with van der Waals surface area (Å²) in [7, 11) is 0. The zero-order chi connectivity index (χ0) is 17.0. The van der Waals surface area contributed by atoms with Crippen LogP contribution in [0.5, 0.6) is 0 Å². The highest BCUT2D eigenvalue weighted by Crippen LogP contribution is 2.22. The lowest BCUT2D eigenvalue weighted by atomic mass is 10.1. The summed E-state index contributed by atoms with van der Waals surface area (Å²) >= 11 is 0. The Kier molecular flexibility index (Phi) is 2.76. The molecule has 0 amide bonds. The van der Waals surface area contributed by atoms with Crippen molar-refractivity contribution in [2.75, 3.05) is 0 Å². The van der Waals surface area contributed by atoms with Crippen molar-refractivity contribution < 1.29 is 0 Å². The molecule has 120 valence electrons. The van der Waals surface area contributed by atoms with E-state index in [1.165, 1.54) is 6.33 Å². The SMILES string of the molecule is Cc1nc2ncnn2c2ccn(-c3cccc4ccccc34)c(=O)c12. The predicted molar refractivity (Wildman–Crippen MR) is 96.1 cm³/mol. The van der Waals surface area contributed by atoms with E-state index >= 15 is 0 Å².